The Hall–Kier alpha value is -1.42. The molecule has 0 heterocycles. The zero-order valence-electron chi connectivity index (χ0n) is 39.5. The number of Topliss-reactive ketones (excluding diaryl/α,β-unsaturated/α-hetero) is 1. The van der Waals surface area contributed by atoms with E-state index in [4.69, 9.17) is 0 Å². The van der Waals surface area contributed by atoms with Gasteiger partial charge in [-0.3, -0.25) is 9.59 Å². The third kappa shape index (κ3) is 47.3. The van der Waals surface area contributed by atoms with Crippen molar-refractivity contribution in [3.8, 4) is 0 Å². The van der Waals surface area contributed by atoms with Crippen LogP contribution in [0.4, 0.5) is 0 Å². The van der Waals surface area contributed by atoms with Crippen LogP contribution in [0.3, 0.4) is 0 Å². The molecule has 0 aliphatic heterocycles. The molecule has 0 aromatic rings. The molecule has 0 rings (SSSR count). The molecule has 0 saturated heterocycles. The van der Waals surface area contributed by atoms with Crippen molar-refractivity contribution in [3.63, 3.8) is 0 Å². The minimum atomic E-state index is -0.0702. The second-order valence-electron chi connectivity index (χ2n) is 18.2. The maximum absolute atomic E-state index is 12.4. The van der Waals surface area contributed by atoms with Gasteiger partial charge in [0.2, 0.25) is 5.91 Å². The van der Waals surface area contributed by atoms with E-state index >= 15 is 0 Å². The third-order valence-corrected chi connectivity index (χ3v) is 12.3. The van der Waals surface area contributed by atoms with Crippen LogP contribution in [-0.4, -0.2) is 29.4 Å². The van der Waals surface area contributed by atoms with E-state index in [9.17, 15) is 14.7 Å². The Balaban J connectivity index is 3.39. The summed E-state index contributed by atoms with van der Waals surface area (Å²) in [4.78, 5) is 24.7. The Bertz CT molecular complexity index is 882. The summed E-state index contributed by atoms with van der Waals surface area (Å²) in [6.45, 7) is 4.60. The second kappa shape index (κ2) is 49.9. The predicted octanol–water partition coefficient (Wildman–Crippen LogP) is 17.3. The van der Waals surface area contributed by atoms with Gasteiger partial charge in [0.05, 0.1) is 12.6 Å². The van der Waals surface area contributed by atoms with Crippen molar-refractivity contribution in [2.45, 2.75) is 302 Å². The molecule has 342 valence electrons. The van der Waals surface area contributed by atoms with Crippen LogP contribution in [0.25, 0.3) is 0 Å². The normalized spacial score (nSPS) is 12.3. The quantitative estimate of drug-likeness (QED) is 0.0475. The molecule has 1 atom stereocenters. The lowest BCUT2D eigenvalue weighted by molar-refractivity contribution is -0.122. The molecular formula is C54H103NO3. The Morgan fingerprint density at radius 1 is 0.397 bits per heavy atom. The van der Waals surface area contributed by atoms with E-state index in [1.165, 1.54) is 218 Å². The highest BCUT2D eigenvalue weighted by Gasteiger charge is 2.11. The average molecular weight is 814 g/mol. The first-order valence-electron chi connectivity index (χ1n) is 26.4. The molecule has 0 radical (unpaired) electrons. The first kappa shape index (κ1) is 56.6. The highest BCUT2D eigenvalue weighted by Crippen LogP contribution is 2.17. The van der Waals surface area contributed by atoms with E-state index in [0.29, 0.717) is 12.2 Å². The van der Waals surface area contributed by atoms with E-state index < -0.39 is 0 Å². The van der Waals surface area contributed by atoms with Crippen molar-refractivity contribution < 1.29 is 14.7 Å². The number of ketones is 1. The molecule has 0 aliphatic rings. The summed E-state index contributed by atoms with van der Waals surface area (Å²) in [5.74, 6) is 0.606. The number of carbonyl (C=O) groups is 2. The molecule has 0 aromatic carbocycles. The van der Waals surface area contributed by atoms with Gasteiger partial charge in [0.25, 0.3) is 0 Å². The summed E-state index contributed by atoms with van der Waals surface area (Å²) >= 11 is 0. The molecule has 0 saturated carbocycles. The number of hydrogen-bond acceptors (Lipinski definition) is 3. The van der Waals surface area contributed by atoms with Crippen LogP contribution in [0.5, 0.6) is 0 Å². The number of nitrogens with one attached hydrogen (secondary N) is 1. The van der Waals surface area contributed by atoms with Gasteiger partial charge < -0.3 is 10.4 Å². The topological polar surface area (TPSA) is 66.4 Å². The summed E-state index contributed by atoms with van der Waals surface area (Å²) in [5, 5.41) is 12.9. The Labute approximate surface area is 363 Å². The van der Waals surface area contributed by atoms with Gasteiger partial charge in [-0.05, 0) is 57.8 Å². The lowest BCUT2D eigenvalue weighted by atomic mass is 10.0. The van der Waals surface area contributed by atoms with Crippen molar-refractivity contribution in [2.24, 2.45) is 0 Å². The van der Waals surface area contributed by atoms with Gasteiger partial charge in [-0.2, -0.15) is 0 Å². The van der Waals surface area contributed by atoms with Crippen LogP contribution in [0, 0.1) is 0 Å². The molecule has 0 bridgehead atoms. The Kier molecular flexibility index (Phi) is 48.7. The number of aliphatic hydroxyl groups excluding tert-OH is 1. The molecule has 1 amide bonds. The Morgan fingerprint density at radius 3 is 1.10 bits per heavy atom. The number of hydrogen-bond donors (Lipinski definition) is 2. The molecule has 0 aromatic heterocycles. The average Bonchev–Trinajstić information content (AvgIpc) is 3.22. The fourth-order valence-electron chi connectivity index (χ4n) is 8.26. The minimum absolute atomic E-state index is 0.0584. The smallest absolute Gasteiger partial charge is 0.220 e. The lowest BCUT2D eigenvalue weighted by Gasteiger charge is -2.16. The maximum atomic E-state index is 12.4. The monoisotopic (exact) mass is 814 g/mol. The van der Waals surface area contributed by atoms with E-state index in [-0.39, 0.29) is 18.6 Å². The van der Waals surface area contributed by atoms with Crippen LogP contribution < -0.4 is 5.32 Å². The van der Waals surface area contributed by atoms with Crippen molar-refractivity contribution >= 4 is 11.7 Å². The number of allylic oxidation sites excluding steroid dienone is 4. The molecule has 4 nitrogen and oxygen atoms in total. The van der Waals surface area contributed by atoms with Gasteiger partial charge in [-0.15, -0.1) is 0 Å². The summed E-state index contributed by atoms with van der Waals surface area (Å²) in [6.07, 6.45) is 64.0. The third-order valence-electron chi connectivity index (χ3n) is 12.3. The van der Waals surface area contributed by atoms with E-state index in [1.54, 1.807) is 0 Å². The number of rotatable bonds is 49. The Morgan fingerprint density at radius 2 is 0.707 bits per heavy atom. The van der Waals surface area contributed by atoms with Crippen molar-refractivity contribution in [1.29, 1.82) is 0 Å². The van der Waals surface area contributed by atoms with Crippen LogP contribution in [0.2, 0.25) is 0 Å². The molecule has 0 spiro atoms. The van der Waals surface area contributed by atoms with Gasteiger partial charge >= 0.3 is 0 Å². The number of aliphatic hydroxyl groups is 1. The standard InChI is InChI=1S/C54H103NO3/c1-3-5-7-9-11-13-15-17-19-21-23-27-31-35-39-43-47-52(51-56)55-54(58)50-46-42-38-34-30-26-22-25-29-33-37-41-45-49-53(57)48-44-40-36-32-28-24-20-18-16-14-12-10-8-6-4-2/h12,14,18,20,52,56H,3-11,13,15-17,19,21-51H2,1-2H3,(H,55,58)/b14-12-,20-18-. The molecule has 1 unspecified atom stereocenters. The summed E-state index contributed by atoms with van der Waals surface area (Å²) < 4.78 is 0. The first-order valence-corrected chi connectivity index (χ1v) is 26.4. The number of amides is 1. The van der Waals surface area contributed by atoms with Crippen molar-refractivity contribution in [3.05, 3.63) is 24.3 Å². The van der Waals surface area contributed by atoms with Crippen LogP contribution in [0.15, 0.2) is 24.3 Å². The fourth-order valence-corrected chi connectivity index (χ4v) is 8.26. The second-order valence-corrected chi connectivity index (χ2v) is 18.2. The SMILES string of the molecule is CCCCC/C=C\C/C=C\CCCCCCCC(=O)CCCCCCCCCCCCCCCC(=O)NC(CO)CCCCCCCCCCCCCCCCCC. The zero-order valence-corrected chi connectivity index (χ0v) is 39.5. The van der Waals surface area contributed by atoms with Crippen molar-refractivity contribution in [2.75, 3.05) is 6.61 Å². The van der Waals surface area contributed by atoms with Gasteiger partial charge in [-0.25, -0.2) is 0 Å². The highest BCUT2D eigenvalue weighted by atomic mass is 16.3. The van der Waals surface area contributed by atoms with Gasteiger partial charge in [-0.1, -0.05) is 244 Å². The highest BCUT2D eigenvalue weighted by molar-refractivity contribution is 5.78. The summed E-state index contributed by atoms with van der Waals surface area (Å²) in [7, 11) is 0. The number of carbonyl (C=O) groups excluding carboxylic acids is 2. The van der Waals surface area contributed by atoms with Gasteiger partial charge in [0.15, 0.2) is 0 Å². The van der Waals surface area contributed by atoms with Crippen molar-refractivity contribution in [1.82, 2.24) is 5.32 Å². The predicted molar refractivity (Wildman–Crippen MR) is 257 cm³/mol. The fraction of sp³-hybridized carbons (Fsp3) is 0.889. The van der Waals surface area contributed by atoms with Crippen LogP contribution in [-0.2, 0) is 9.59 Å². The molecule has 0 aliphatic carbocycles. The van der Waals surface area contributed by atoms with Crippen LogP contribution in [0.1, 0.15) is 296 Å². The lowest BCUT2D eigenvalue weighted by Crippen LogP contribution is -2.37. The largest absolute Gasteiger partial charge is 0.394 e. The van der Waals surface area contributed by atoms with E-state index in [1.807, 2.05) is 0 Å². The van der Waals surface area contributed by atoms with Crippen LogP contribution >= 0.6 is 0 Å². The summed E-state index contributed by atoms with van der Waals surface area (Å²) in [6, 6.07) is -0.0702. The van der Waals surface area contributed by atoms with Gasteiger partial charge in [0, 0.05) is 19.3 Å². The van der Waals surface area contributed by atoms with E-state index in [2.05, 4.69) is 43.5 Å². The van der Waals surface area contributed by atoms with E-state index in [0.717, 1.165) is 57.8 Å². The zero-order chi connectivity index (χ0) is 42.1. The maximum Gasteiger partial charge on any atom is 0.220 e. The first-order chi connectivity index (χ1) is 28.6. The molecule has 2 N–H and O–H groups in total. The van der Waals surface area contributed by atoms with Gasteiger partial charge in [0.1, 0.15) is 5.78 Å². The number of unbranched alkanes of at least 4 members (excludes halogenated alkanes) is 35. The minimum Gasteiger partial charge on any atom is -0.394 e. The molecule has 0 fully saturated rings. The summed E-state index contributed by atoms with van der Waals surface area (Å²) in [5.41, 5.74) is 0. The molecule has 58 heavy (non-hydrogen) atoms. The molecular weight excluding hydrogens is 711 g/mol. The molecule has 4 heteroatoms.